The van der Waals surface area contributed by atoms with E-state index in [1.54, 1.807) is 31.2 Å². The summed E-state index contributed by atoms with van der Waals surface area (Å²) in [6.45, 7) is 1.64. The van der Waals surface area contributed by atoms with Crippen molar-refractivity contribution in [3.8, 4) is 11.8 Å². The van der Waals surface area contributed by atoms with Gasteiger partial charge in [-0.3, -0.25) is 4.79 Å². The molecule has 2 aromatic carbocycles. The Labute approximate surface area is 168 Å². The van der Waals surface area contributed by atoms with Crippen LogP contribution in [0.4, 0.5) is 0 Å². The van der Waals surface area contributed by atoms with E-state index in [4.69, 9.17) is 14.7 Å². The number of rotatable bonds is 4. The number of methoxy groups -OCH3 is 1. The van der Waals surface area contributed by atoms with Crippen LogP contribution in [0.5, 0.6) is 5.75 Å². The Balaban J connectivity index is 1.95. The molecule has 1 aliphatic carbocycles. The summed E-state index contributed by atoms with van der Waals surface area (Å²) >= 11 is 0. The lowest BCUT2D eigenvalue weighted by atomic mass is 9.79. The minimum Gasteiger partial charge on any atom is -0.478 e. The van der Waals surface area contributed by atoms with E-state index in [0.29, 0.717) is 39.4 Å². The van der Waals surface area contributed by atoms with Gasteiger partial charge in [0.1, 0.15) is 11.8 Å². The molecular formula is C23H18N2O4. The first-order valence-corrected chi connectivity index (χ1v) is 9.11. The van der Waals surface area contributed by atoms with E-state index in [1.807, 2.05) is 30.3 Å². The predicted octanol–water partition coefficient (Wildman–Crippen LogP) is 3.33. The molecule has 0 radical (unpaired) electrons. The fourth-order valence-electron chi connectivity index (χ4n) is 3.98. The zero-order valence-electron chi connectivity index (χ0n) is 16.0. The highest BCUT2D eigenvalue weighted by atomic mass is 16.5. The molecule has 0 saturated carbocycles. The zero-order chi connectivity index (χ0) is 20.5. The van der Waals surface area contributed by atoms with E-state index in [2.05, 4.69) is 5.32 Å². The van der Waals surface area contributed by atoms with E-state index in [-0.39, 0.29) is 12.4 Å². The molecule has 6 heteroatoms. The van der Waals surface area contributed by atoms with Crippen LogP contribution in [0.15, 0.2) is 65.4 Å². The highest BCUT2D eigenvalue weighted by molar-refractivity contribution is 6.23. The molecule has 29 heavy (non-hydrogen) atoms. The number of allylic oxidation sites excluding steroid dienone is 2. The second kappa shape index (κ2) is 7.28. The number of nitriles is 1. The van der Waals surface area contributed by atoms with Crippen LogP contribution in [0.3, 0.4) is 0 Å². The van der Waals surface area contributed by atoms with Crippen LogP contribution in [0, 0.1) is 11.3 Å². The Kier molecular flexibility index (Phi) is 4.65. The molecule has 0 spiro atoms. The quantitative estimate of drug-likeness (QED) is 0.811. The number of hydrogen-bond donors (Lipinski definition) is 1. The van der Waals surface area contributed by atoms with Crippen LogP contribution in [0.1, 0.15) is 34.3 Å². The molecule has 144 valence electrons. The summed E-state index contributed by atoms with van der Waals surface area (Å²) < 4.78 is 10.6. The Morgan fingerprint density at radius 3 is 2.55 bits per heavy atom. The van der Waals surface area contributed by atoms with E-state index in [1.165, 1.54) is 7.11 Å². The molecule has 0 unspecified atom stereocenters. The number of nitrogens with zero attached hydrogens (tertiary/aromatic N) is 1. The number of Topliss-reactive ketones (excluding diaryl/α,β-unsaturated/α-hetero) is 1. The third kappa shape index (κ3) is 2.88. The van der Waals surface area contributed by atoms with Crippen molar-refractivity contribution >= 4 is 17.4 Å². The molecule has 0 aromatic heterocycles. The maximum Gasteiger partial charge on any atom is 0.336 e. The second-order valence-corrected chi connectivity index (χ2v) is 6.74. The number of benzene rings is 2. The van der Waals surface area contributed by atoms with Crippen molar-refractivity contribution < 1.29 is 19.1 Å². The Morgan fingerprint density at radius 1 is 1.14 bits per heavy atom. The van der Waals surface area contributed by atoms with Gasteiger partial charge in [0.25, 0.3) is 0 Å². The molecule has 1 N–H and O–H groups in total. The van der Waals surface area contributed by atoms with Crippen molar-refractivity contribution in [2.75, 3.05) is 13.7 Å². The standard InChI is InChI=1S/C23H18N2O4/c1-13-18(23(27)28-2)19(16-9-5-6-10-17(16)29-12-11-24)20-21(25-13)14-7-3-4-8-15(14)22(20)26/h3-10,19,25H,12H2,1-2H3/t19-/m0/s1. The lowest BCUT2D eigenvalue weighted by Crippen LogP contribution is -2.29. The maximum atomic E-state index is 13.3. The predicted molar refractivity (Wildman–Crippen MR) is 106 cm³/mol. The number of carbonyl (C=O) groups is 2. The van der Waals surface area contributed by atoms with Crippen LogP contribution in [-0.4, -0.2) is 25.5 Å². The van der Waals surface area contributed by atoms with Gasteiger partial charge >= 0.3 is 5.97 Å². The molecule has 2 aromatic rings. The molecule has 4 rings (SSSR count). The fourth-order valence-corrected chi connectivity index (χ4v) is 3.98. The number of fused-ring (bicyclic) bond motifs is 2. The topological polar surface area (TPSA) is 88.4 Å². The minimum absolute atomic E-state index is 0.141. The number of ether oxygens (including phenoxy) is 2. The van der Waals surface area contributed by atoms with E-state index in [0.717, 1.165) is 5.56 Å². The summed E-state index contributed by atoms with van der Waals surface area (Å²) in [6, 6.07) is 16.4. The van der Waals surface area contributed by atoms with Gasteiger partial charge in [0.05, 0.1) is 24.3 Å². The highest BCUT2D eigenvalue weighted by Crippen LogP contribution is 2.48. The number of nitrogens with one attached hydrogen (secondary N) is 1. The van der Waals surface area contributed by atoms with Crippen molar-refractivity contribution in [3.63, 3.8) is 0 Å². The molecule has 0 bridgehead atoms. The van der Waals surface area contributed by atoms with Gasteiger partial charge in [0.2, 0.25) is 0 Å². The molecule has 2 aliphatic rings. The first-order valence-electron chi connectivity index (χ1n) is 9.11. The van der Waals surface area contributed by atoms with E-state index in [9.17, 15) is 9.59 Å². The number of dihydropyridines is 1. The Bertz CT molecular complexity index is 1140. The number of hydrogen-bond acceptors (Lipinski definition) is 6. The monoisotopic (exact) mass is 386 g/mol. The molecule has 1 aliphatic heterocycles. The van der Waals surface area contributed by atoms with Gasteiger partial charge in [-0.1, -0.05) is 42.5 Å². The van der Waals surface area contributed by atoms with Crippen molar-refractivity contribution in [3.05, 3.63) is 82.1 Å². The van der Waals surface area contributed by atoms with Gasteiger partial charge in [-0.15, -0.1) is 0 Å². The average molecular weight is 386 g/mol. The molecule has 0 fully saturated rings. The molecule has 0 amide bonds. The Morgan fingerprint density at radius 2 is 1.83 bits per heavy atom. The maximum absolute atomic E-state index is 13.3. The van der Waals surface area contributed by atoms with E-state index >= 15 is 0 Å². The summed E-state index contributed by atoms with van der Waals surface area (Å²) in [5.74, 6) is -0.887. The normalized spacial score (nSPS) is 17.3. The van der Waals surface area contributed by atoms with Crippen LogP contribution in [0.2, 0.25) is 0 Å². The van der Waals surface area contributed by atoms with Crippen LogP contribution < -0.4 is 10.1 Å². The van der Waals surface area contributed by atoms with Crippen molar-refractivity contribution in [2.45, 2.75) is 12.8 Å². The van der Waals surface area contributed by atoms with Gasteiger partial charge < -0.3 is 14.8 Å². The van der Waals surface area contributed by atoms with Gasteiger partial charge in [0, 0.05) is 28.0 Å². The van der Waals surface area contributed by atoms with Crippen LogP contribution in [-0.2, 0) is 9.53 Å². The van der Waals surface area contributed by atoms with Gasteiger partial charge in [-0.2, -0.15) is 5.26 Å². The lowest BCUT2D eigenvalue weighted by Gasteiger charge is -2.29. The molecule has 1 heterocycles. The first kappa shape index (κ1) is 18.5. The van der Waals surface area contributed by atoms with Gasteiger partial charge in [0.15, 0.2) is 12.4 Å². The smallest absolute Gasteiger partial charge is 0.336 e. The largest absolute Gasteiger partial charge is 0.478 e. The van der Waals surface area contributed by atoms with Gasteiger partial charge in [-0.05, 0) is 13.0 Å². The molecule has 0 saturated heterocycles. The zero-order valence-corrected chi connectivity index (χ0v) is 16.0. The first-order chi connectivity index (χ1) is 14.1. The summed E-state index contributed by atoms with van der Waals surface area (Å²) in [5, 5.41) is 12.2. The minimum atomic E-state index is -0.673. The fraction of sp³-hybridized carbons (Fsp3) is 0.174. The molecule has 6 nitrogen and oxygen atoms in total. The average Bonchev–Trinajstić information content (AvgIpc) is 3.03. The number of para-hydroxylation sites is 1. The number of ketones is 1. The molecule has 1 atom stereocenters. The third-order valence-electron chi connectivity index (χ3n) is 5.18. The molecular weight excluding hydrogens is 368 g/mol. The summed E-state index contributed by atoms with van der Waals surface area (Å²) in [7, 11) is 1.31. The van der Waals surface area contributed by atoms with E-state index < -0.39 is 11.9 Å². The number of esters is 1. The summed E-state index contributed by atoms with van der Waals surface area (Å²) in [5.41, 5.74) is 4.15. The third-order valence-corrected chi connectivity index (χ3v) is 5.18. The Hall–Kier alpha value is -3.85. The second-order valence-electron chi connectivity index (χ2n) is 6.74. The highest BCUT2D eigenvalue weighted by Gasteiger charge is 2.43. The van der Waals surface area contributed by atoms with Crippen LogP contribution in [0.25, 0.3) is 5.70 Å². The van der Waals surface area contributed by atoms with Crippen molar-refractivity contribution in [2.24, 2.45) is 0 Å². The lowest BCUT2D eigenvalue weighted by molar-refractivity contribution is -0.136. The van der Waals surface area contributed by atoms with Crippen molar-refractivity contribution in [1.82, 2.24) is 5.32 Å². The van der Waals surface area contributed by atoms with Crippen molar-refractivity contribution in [1.29, 1.82) is 5.26 Å². The summed E-state index contributed by atoms with van der Waals surface area (Å²) in [4.78, 5) is 26.0. The summed E-state index contributed by atoms with van der Waals surface area (Å²) in [6.07, 6.45) is 0. The SMILES string of the molecule is COC(=O)C1=C(C)NC2=C(C(=O)c3ccccc32)[C@H]1c1ccccc1OCC#N. The number of carbonyl (C=O) groups excluding carboxylic acids is 2. The van der Waals surface area contributed by atoms with Crippen LogP contribution >= 0.6 is 0 Å². The van der Waals surface area contributed by atoms with Gasteiger partial charge in [-0.25, -0.2) is 4.79 Å².